The molecule has 0 saturated heterocycles. The monoisotopic (exact) mass is 506 g/mol. The predicted octanol–water partition coefficient (Wildman–Crippen LogP) is 2.94. The Morgan fingerprint density at radius 2 is 2.17 bits per heavy atom. The Labute approximate surface area is 180 Å². The third-order valence-electron chi connectivity index (χ3n) is 4.71. The van der Waals surface area contributed by atoms with Crippen molar-refractivity contribution in [3.05, 3.63) is 34.0 Å². The first-order valence-corrected chi connectivity index (χ1v) is 12.0. The van der Waals surface area contributed by atoms with Gasteiger partial charge in [0.1, 0.15) is 16.8 Å². The van der Waals surface area contributed by atoms with Gasteiger partial charge in [0.15, 0.2) is 5.13 Å². The molecule has 1 saturated carbocycles. The van der Waals surface area contributed by atoms with E-state index in [1.165, 1.54) is 12.3 Å². The Kier molecular flexibility index (Phi) is 7.09. The maximum atomic E-state index is 14.7. The van der Waals surface area contributed by atoms with E-state index in [4.69, 9.17) is 4.74 Å². The lowest BCUT2D eigenvalue weighted by Gasteiger charge is -2.37. The molecule has 1 fully saturated rings. The highest BCUT2D eigenvalue weighted by Gasteiger charge is 2.34. The van der Waals surface area contributed by atoms with Crippen molar-refractivity contribution >= 4 is 54.6 Å². The molecule has 29 heavy (non-hydrogen) atoms. The number of nitrogens with one attached hydrogen (secondary N) is 3. The lowest BCUT2D eigenvalue weighted by molar-refractivity contribution is -0.136. The first kappa shape index (κ1) is 21.9. The smallest absolute Gasteiger partial charge is 0.293 e. The van der Waals surface area contributed by atoms with Gasteiger partial charge >= 0.3 is 0 Å². The number of halogens is 2. The standard InChI is InChI=1S/C17H20BrFN4O4S2/c1-20-16-12(3-2-4-14(16)27-9-24)22-13-8-11(19)15(7-10(13)18)29(25,26)23-17-21-5-6-28-17/h5-9,12,14,16,20,22H,2-4H2,1H3,(H,21,23)/t12-,14?,16+/m0/s1. The second kappa shape index (κ2) is 9.37. The molecule has 1 heterocycles. The van der Waals surface area contributed by atoms with Crippen LogP contribution in [0.25, 0.3) is 0 Å². The number of hydrogen-bond donors (Lipinski definition) is 3. The molecule has 3 N–H and O–H groups in total. The minimum atomic E-state index is -4.12. The summed E-state index contributed by atoms with van der Waals surface area (Å²) >= 11 is 4.42. The molecule has 3 atom stereocenters. The van der Waals surface area contributed by atoms with Gasteiger partial charge in [0.2, 0.25) is 0 Å². The number of ether oxygens (including phenoxy) is 1. The van der Waals surface area contributed by atoms with Crippen LogP contribution in [0.4, 0.5) is 15.2 Å². The Morgan fingerprint density at radius 1 is 1.38 bits per heavy atom. The number of carbonyl (C=O) groups is 1. The first-order valence-electron chi connectivity index (χ1n) is 8.80. The van der Waals surface area contributed by atoms with Crippen LogP contribution in [-0.2, 0) is 19.6 Å². The van der Waals surface area contributed by atoms with Gasteiger partial charge in [-0.3, -0.25) is 9.52 Å². The van der Waals surface area contributed by atoms with Gasteiger partial charge in [-0.2, -0.15) is 0 Å². The lowest BCUT2D eigenvalue weighted by Crippen LogP contribution is -2.53. The number of carbonyl (C=O) groups excluding carboxylic acids is 1. The van der Waals surface area contributed by atoms with E-state index >= 15 is 0 Å². The molecule has 8 nitrogen and oxygen atoms in total. The molecule has 0 spiro atoms. The summed E-state index contributed by atoms with van der Waals surface area (Å²) in [4.78, 5) is 14.1. The second-order valence-corrected chi connectivity index (χ2v) is 9.87. The minimum Gasteiger partial charge on any atom is -0.463 e. The molecule has 2 aromatic rings. The van der Waals surface area contributed by atoms with E-state index in [-0.39, 0.29) is 23.3 Å². The van der Waals surface area contributed by atoms with Crippen LogP contribution in [0.1, 0.15) is 19.3 Å². The average Bonchev–Trinajstić information content (AvgIpc) is 3.17. The van der Waals surface area contributed by atoms with Crippen LogP contribution in [0.3, 0.4) is 0 Å². The quantitative estimate of drug-likeness (QED) is 0.472. The van der Waals surface area contributed by atoms with Crippen molar-refractivity contribution in [3.8, 4) is 0 Å². The van der Waals surface area contributed by atoms with E-state index in [1.807, 2.05) is 0 Å². The number of rotatable bonds is 8. The number of benzene rings is 1. The Hall–Kier alpha value is -1.76. The number of likely N-dealkylation sites (N-methyl/N-ethyl adjacent to an activating group) is 1. The predicted molar refractivity (Wildman–Crippen MR) is 112 cm³/mol. The molecule has 1 aliphatic carbocycles. The Bertz CT molecular complexity index is 959. The van der Waals surface area contributed by atoms with Crippen LogP contribution in [0.2, 0.25) is 0 Å². The van der Waals surface area contributed by atoms with Gasteiger partial charge < -0.3 is 15.4 Å². The molecule has 0 radical (unpaired) electrons. The first-order chi connectivity index (χ1) is 13.9. The molecule has 0 amide bonds. The number of hydrogen-bond acceptors (Lipinski definition) is 8. The average molecular weight is 507 g/mol. The zero-order valence-corrected chi connectivity index (χ0v) is 18.6. The highest BCUT2D eigenvalue weighted by molar-refractivity contribution is 9.10. The normalized spacial score (nSPS) is 22.1. The maximum absolute atomic E-state index is 14.7. The summed E-state index contributed by atoms with van der Waals surface area (Å²) in [5.41, 5.74) is 0.410. The van der Waals surface area contributed by atoms with Gasteiger partial charge in [0, 0.05) is 22.1 Å². The van der Waals surface area contributed by atoms with Crippen molar-refractivity contribution < 1.29 is 22.3 Å². The van der Waals surface area contributed by atoms with Crippen molar-refractivity contribution in [1.29, 1.82) is 0 Å². The molecule has 3 rings (SSSR count). The highest BCUT2D eigenvalue weighted by atomic mass is 79.9. The third-order valence-corrected chi connectivity index (χ3v) is 7.54. The van der Waals surface area contributed by atoms with Gasteiger partial charge in [-0.05, 0) is 54.4 Å². The van der Waals surface area contributed by atoms with Gasteiger partial charge in [-0.15, -0.1) is 11.3 Å². The van der Waals surface area contributed by atoms with E-state index in [1.54, 1.807) is 12.4 Å². The highest BCUT2D eigenvalue weighted by Crippen LogP contribution is 2.32. The molecular formula is C17H20BrFN4O4S2. The van der Waals surface area contributed by atoms with Crippen LogP contribution in [0.5, 0.6) is 0 Å². The fourth-order valence-corrected chi connectivity index (χ4v) is 5.90. The summed E-state index contributed by atoms with van der Waals surface area (Å²) in [6.07, 6.45) is 3.50. The summed E-state index contributed by atoms with van der Waals surface area (Å²) in [5, 5.41) is 8.14. The summed E-state index contributed by atoms with van der Waals surface area (Å²) in [6, 6.07) is 2.05. The van der Waals surface area contributed by atoms with E-state index in [2.05, 4.69) is 36.3 Å². The number of thiazole rings is 1. The van der Waals surface area contributed by atoms with E-state index in [0.29, 0.717) is 16.6 Å². The molecule has 0 aliphatic heterocycles. The number of nitrogens with zero attached hydrogens (tertiary/aromatic N) is 1. The summed E-state index contributed by atoms with van der Waals surface area (Å²) in [7, 11) is -2.36. The summed E-state index contributed by atoms with van der Waals surface area (Å²) in [5.74, 6) is -0.891. The minimum absolute atomic E-state index is 0.134. The molecule has 158 valence electrons. The van der Waals surface area contributed by atoms with E-state index < -0.39 is 20.7 Å². The second-order valence-electron chi connectivity index (χ2n) is 6.47. The lowest BCUT2D eigenvalue weighted by atomic mass is 9.87. The van der Waals surface area contributed by atoms with Gasteiger partial charge in [0.05, 0.1) is 11.7 Å². The van der Waals surface area contributed by atoms with Crippen molar-refractivity contribution in [2.75, 3.05) is 17.1 Å². The van der Waals surface area contributed by atoms with Crippen LogP contribution >= 0.6 is 27.3 Å². The molecule has 1 unspecified atom stereocenters. The third kappa shape index (κ3) is 5.05. The number of anilines is 2. The Balaban J connectivity index is 1.83. The number of sulfonamides is 1. The van der Waals surface area contributed by atoms with Gasteiger partial charge in [-0.1, -0.05) is 0 Å². The summed E-state index contributed by atoms with van der Waals surface area (Å²) in [6.45, 7) is 0.433. The fourth-order valence-electron chi connectivity index (χ4n) is 3.42. The van der Waals surface area contributed by atoms with Crippen molar-refractivity contribution in [1.82, 2.24) is 10.3 Å². The molecule has 1 aliphatic rings. The van der Waals surface area contributed by atoms with Crippen LogP contribution in [0, 0.1) is 5.82 Å². The van der Waals surface area contributed by atoms with Crippen molar-refractivity contribution in [2.24, 2.45) is 0 Å². The van der Waals surface area contributed by atoms with Gasteiger partial charge in [0.25, 0.3) is 16.5 Å². The van der Waals surface area contributed by atoms with E-state index in [0.717, 1.165) is 36.7 Å². The topological polar surface area (TPSA) is 109 Å². The molecule has 1 aromatic carbocycles. The van der Waals surface area contributed by atoms with Crippen molar-refractivity contribution in [3.63, 3.8) is 0 Å². The van der Waals surface area contributed by atoms with Crippen LogP contribution in [-0.4, -0.2) is 45.1 Å². The van der Waals surface area contributed by atoms with E-state index in [9.17, 15) is 17.6 Å². The fraction of sp³-hybridized carbons (Fsp3) is 0.412. The largest absolute Gasteiger partial charge is 0.463 e. The van der Waals surface area contributed by atoms with Crippen LogP contribution < -0.4 is 15.4 Å². The molecule has 1 aromatic heterocycles. The molecule has 0 bridgehead atoms. The van der Waals surface area contributed by atoms with Crippen molar-refractivity contribution in [2.45, 2.75) is 42.3 Å². The van der Waals surface area contributed by atoms with Gasteiger partial charge in [-0.25, -0.2) is 17.8 Å². The summed E-state index contributed by atoms with van der Waals surface area (Å²) < 4.78 is 47.5. The zero-order chi connectivity index (χ0) is 21.0. The maximum Gasteiger partial charge on any atom is 0.293 e. The Morgan fingerprint density at radius 3 is 2.83 bits per heavy atom. The van der Waals surface area contributed by atoms with Crippen LogP contribution in [0.15, 0.2) is 33.1 Å². The molecular weight excluding hydrogens is 487 g/mol. The zero-order valence-electron chi connectivity index (χ0n) is 15.4. The molecule has 12 heteroatoms. The number of aromatic nitrogens is 1. The SMILES string of the molecule is CN[C@H]1C(OC=O)CCC[C@@H]1Nc1cc(F)c(S(=O)(=O)Nc2nccs2)cc1Br.